The Hall–Kier alpha value is -1.03. The highest BCUT2D eigenvalue weighted by molar-refractivity contribution is 7.51. The average molecular weight is 778 g/mol. The molecule has 0 saturated heterocycles. The van der Waals surface area contributed by atoms with E-state index in [0.717, 1.165) is 38.5 Å². The third-order valence-electron chi connectivity index (χ3n) is 10.6. The van der Waals surface area contributed by atoms with Gasteiger partial charge < -0.3 is 38.2 Å². The standard InChI is InChI=1S/C42H84NO9P/c1-6-8-10-12-14-16-18-19-20-21-23-24-26-28-30-32-41(46)50-36-39(37-51-53(48,49)38(3)43(4,5)35-34-40(44)45)52-42(47)33-31-29-27-25-22-17-15-13-11-9-7-2/h38-40,44-45H,6-37H2,1-5H3/t38?,39-/m1/s1. The topological polar surface area (TPSA) is 142 Å². The lowest BCUT2D eigenvalue weighted by Gasteiger charge is -2.42. The smallest absolute Gasteiger partial charge is 0.306 e. The van der Waals surface area contributed by atoms with Crippen LogP contribution in [-0.2, 0) is 28.2 Å². The molecule has 3 atom stereocenters. The van der Waals surface area contributed by atoms with E-state index in [9.17, 15) is 29.3 Å². The van der Waals surface area contributed by atoms with Gasteiger partial charge in [-0.2, -0.15) is 0 Å². The van der Waals surface area contributed by atoms with Crippen molar-refractivity contribution in [2.75, 3.05) is 33.9 Å². The first-order valence-electron chi connectivity index (χ1n) is 21.8. The third-order valence-corrected chi connectivity index (χ3v) is 12.6. The largest absolute Gasteiger partial charge is 0.774 e. The molecule has 0 radical (unpaired) electrons. The lowest BCUT2D eigenvalue weighted by Crippen LogP contribution is -2.50. The zero-order valence-electron chi connectivity index (χ0n) is 35.0. The zero-order valence-corrected chi connectivity index (χ0v) is 35.9. The summed E-state index contributed by atoms with van der Waals surface area (Å²) in [5.41, 5.74) is 0. The van der Waals surface area contributed by atoms with E-state index < -0.39 is 44.3 Å². The van der Waals surface area contributed by atoms with Gasteiger partial charge in [-0.05, 0) is 19.8 Å². The summed E-state index contributed by atoms with van der Waals surface area (Å²) in [6, 6.07) is 0. The molecule has 11 heteroatoms. The Morgan fingerprint density at radius 1 is 0.604 bits per heavy atom. The lowest BCUT2D eigenvalue weighted by atomic mass is 10.0. The normalized spacial score (nSPS) is 14.3. The molecule has 316 valence electrons. The minimum atomic E-state index is -4.48. The van der Waals surface area contributed by atoms with Gasteiger partial charge in [0.2, 0.25) is 0 Å². The maximum atomic E-state index is 13.1. The quantitative estimate of drug-likeness (QED) is 0.0205. The van der Waals surface area contributed by atoms with Crippen LogP contribution in [0.4, 0.5) is 0 Å². The van der Waals surface area contributed by atoms with E-state index in [1.165, 1.54) is 129 Å². The van der Waals surface area contributed by atoms with Crippen LogP contribution in [0.3, 0.4) is 0 Å². The summed E-state index contributed by atoms with van der Waals surface area (Å²) in [5.74, 6) is -1.86. The number of unbranched alkanes of at least 4 members (excludes halogenated alkanes) is 24. The maximum Gasteiger partial charge on any atom is 0.306 e. The molecule has 0 fully saturated rings. The van der Waals surface area contributed by atoms with E-state index >= 15 is 0 Å². The van der Waals surface area contributed by atoms with Crippen molar-refractivity contribution in [2.24, 2.45) is 0 Å². The summed E-state index contributed by atoms with van der Waals surface area (Å²) in [4.78, 5) is 38.4. The molecular weight excluding hydrogens is 693 g/mol. The molecule has 0 heterocycles. The highest BCUT2D eigenvalue weighted by Crippen LogP contribution is 2.46. The SMILES string of the molecule is CCCCCCCCCCCCCCCCCC(=O)OC[C@H](COP(=O)([O-])C(C)[N+](C)(C)CCC(O)O)OC(=O)CCCCCCCCCCCCC. The fourth-order valence-electron chi connectivity index (χ4n) is 6.51. The van der Waals surface area contributed by atoms with E-state index in [0.29, 0.717) is 6.42 Å². The van der Waals surface area contributed by atoms with Gasteiger partial charge in [0.1, 0.15) is 12.4 Å². The first kappa shape index (κ1) is 52.0. The Morgan fingerprint density at radius 3 is 1.34 bits per heavy atom. The molecule has 53 heavy (non-hydrogen) atoms. The number of rotatable bonds is 39. The molecule has 0 aromatic carbocycles. The maximum absolute atomic E-state index is 13.1. The van der Waals surface area contributed by atoms with Crippen molar-refractivity contribution < 1.29 is 47.7 Å². The summed E-state index contributed by atoms with van der Waals surface area (Å²) < 4.78 is 29.5. The molecule has 2 N–H and O–H groups in total. The molecule has 0 spiro atoms. The summed E-state index contributed by atoms with van der Waals surface area (Å²) in [7, 11) is -1.13. The molecule has 2 unspecified atom stereocenters. The molecule has 0 amide bonds. The van der Waals surface area contributed by atoms with Gasteiger partial charge in [-0.1, -0.05) is 168 Å². The molecule has 0 aliphatic carbocycles. The number of quaternary nitrogens is 1. The zero-order chi connectivity index (χ0) is 39.6. The third kappa shape index (κ3) is 31.8. The van der Waals surface area contributed by atoms with Crippen LogP contribution in [0.5, 0.6) is 0 Å². The van der Waals surface area contributed by atoms with E-state index in [1.807, 2.05) is 0 Å². The number of aliphatic hydroxyl groups is 2. The van der Waals surface area contributed by atoms with Gasteiger partial charge in [-0.25, -0.2) is 0 Å². The molecule has 0 aromatic rings. The van der Waals surface area contributed by atoms with Crippen LogP contribution < -0.4 is 4.89 Å². The van der Waals surface area contributed by atoms with Crippen LogP contribution in [0.15, 0.2) is 0 Å². The van der Waals surface area contributed by atoms with Crippen molar-refractivity contribution in [3.8, 4) is 0 Å². The molecule has 0 aliphatic rings. The van der Waals surface area contributed by atoms with Crippen LogP contribution in [0.2, 0.25) is 0 Å². The predicted octanol–water partition coefficient (Wildman–Crippen LogP) is 10.1. The Bertz CT molecular complexity index is 917. The number of aliphatic hydroxyl groups excluding tert-OH is 1. The number of carbonyl (C=O) groups is 2. The van der Waals surface area contributed by atoms with Crippen molar-refractivity contribution in [2.45, 2.75) is 225 Å². The number of hydrogen-bond donors (Lipinski definition) is 2. The molecule has 10 nitrogen and oxygen atoms in total. The molecule has 0 aromatic heterocycles. The highest BCUT2D eigenvalue weighted by atomic mass is 31.2. The highest BCUT2D eigenvalue weighted by Gasteiger charge is 2.35. The Labute approximate surface area is 325 Å². The average Bonchev–Trinajstić information content (AvgIpc) is 3.12. The van der Waals surface area contributed by atoms with E-state index in [-0.39, 0.29) is 36.9 Å². The summed E-state index contributed by atoms with van der Waals surface area (Å²) in [6.45, 7) is 5.45. The summed E-state index contributed by atoms with van der Waals surface area (Å²) >= 11 is 0. The van der Waals surface area contributed by atoms with Gasteiger partial charge in [0.15, 0.2) is 20.0 Å². The number of hydrogen-bond acceptors (Lipinski definition) is 9. The van der Waals surface area contributed by atoms with Gasteiger partial charge in [0, 0.05) is 19.3 Å². The van der Waals surface area contributed by atoms with Gasteiger partial charge in [0.05, 0.1) is 27.2 Å². The molecule has 0 aliphatic heterocycles. The van der Waals surface area contributed by atoms with Crippen LogP contribution in [0.25, 0.3) is 0 Å². The monoisotopic (exact) mass is 778 g/mol. The number of esters is 2. The lowest BCUT2D eigenvalue weighted by molar-refractivity contribution is -0.902. The number of ether oxygens (including phenoxy) is 2. The predicted molar refractivity (Wildman–Crippen MR) is 214 cm³/mol. The first-order valence-corrected chi connectivity index (χ1v) is 23.5. The molecular formula is C42H84NO9P. The number of carbonyl (C=O) groups excluding carboxylic acids is 2. The number of nitrogens with zero attached hydrogens (tertiary/aromatic N) is 1. The fourth-order valence-corrected chi connectivity index (χ4v) is 7.98. The second kappa shape index (κ2) is 34.2. The van der Waals surface area contributed by atoms with E-state index in [1.54, 1.807) is 14.1 Å². The summed E-state index contributed by atoms with van der Waals surface area (Å²) in [5, 5.41) is 18.5. The van der Waals surface area contributed by atoms with Crippen molar-refractivity contribution in [3.05, 3.63) is 0 Å². The second-order valence-electron chi connectivity index (χ2n) is 16.0. The first-order chi connectivity index (χ1) is 25.4. The van der Waals surface area contributed by atoms with E-state index in [4.69, 9.17) is 14.0 Å². The Morgan fingerprint density at radius 2 is 0.962 bits per heavy atom. The van der Waals surface area contributed by atoms with Gasteiger partial charge in [-0.3, -0.25) is 9.59 Å². The molecule has 0 rings (SSSR count). The van der Waals surface area contributed by atoms with Gasteiger partial charge in [-0.15, -0.1) is 0 Å². The van der Waals surface area contributed by atoms with E-state index in [2.05, 4.69) is 13.8 Å². The van der Waals surface area contributed by atoms with Crippen LogP contribution in [0, 0.1) is 0 Å². The van der Waals surface area contributed by atoms with Crippen LogP contribution >= 0.6 is 7.60 Å². The molecule has 0 saturated carbocycles. The minimum Gasteiger partial charge on any atom is -0.774 e. The minimum absolute atomic E-state index is 0.00589. The van der Waals surface area contributed by atoms with Crippen molar-refractivity contribution in [1.82, 2.24) is 0 Å². The van der Waals surface area contributed by atoms with Crippen LogP contribution in [-0.4, -0.2) is 78.7 Å². The Balaban J connectivity index is 4.61. The fraction of sp³-hybridized carbons (Fsp3) is 0.952. The van der Waals surface area contributed by atoms with Gasteiger partial charge >= 0.3 is 11.9 Å². The summed E-state index contributed by atoms with van der Waals surface area (Å²) in [6.07, 6.45) is 29.2. The van der Waals surface area contributed by atoms with Crippen molar-refractivity contribution >= 4 is 19.5 Å². The van der Waals surface area contributed by atoms with Crippen molar-refractivity contribution in [1.29, 1.82) is 0 Å². The molecule has 0 bridgehead atoms. The van der Waals surface area contributed by atoms with Crippen LogP contribution in [0.1, 0.15) is 207 Å². The van der Waals surface area contributed by atoms with Crippen molar-refractivity contribution in [3.63, 3.8) is 0 Å². The Kier molecular flexibility index (Phi) is 33.6. The van der Waals surface area contributed by atoms with Gasteiger partial charge in [0.25, 0.3) is 0 Å². The second-order valence-corrected chi connectivity index (χ2v) is 18.1.